The summed E-state index contributed by atoms with van der Waals surface area (Å²) in [6, 6.07) is 25.5. The minimum atomic E-state index is 0.665. The number of ether oxygens (including phenoxy) is 5. The molecule has 0 fully saturated rings. The summed E-state index contributed by atoms with van der Waals surface area (Å²) in [5, 5.41) is 0. The fraction of sp³-hybridized carbons (Fsp3) is 0.211. The maximum absolute atomic E-state index is 6.11. The summed E-state index contributed by atoms with van der Waals surface area (Å²) in [5.74, 6) is 3.42. The lowest BCUT2D eigenvalue weighted by molar-refractivity contribution is 0.134. The Labute approximate surface area is 251 Å². The molecule has 43 heavy (non-hydrogen) atoms. The zero-order chi connectivity index (χ0) is 29.2. The highest BCUT2D eigenvalue weighted by atomic mass is 16.5. The van der Waals surface area contributed by atoms with Gasteiger partial charge in [0.2, 0.25) is 0 Å². The van der Waals surface area contributed by atoms with Gasteiger partial charge in [-0.05, 0) is 128 Å². The van der Waals surface area contributed by atoms with E-state index in [0.717, 1.165) is 58.1 Å². The summed E-state index contributed by atoms with van der Waals surface area (Å²) in [6.45, 7) is 1.33. The second-order valence-corrected chi connectivity index (χ2v) is 11.4. The number of rotatable bonds is 6. The van der Waals surface area contributed by atoms with E-state index in [1.807, 2.05) is 24.3 Å². The first-order valence-corrected chi connectivity index (χ1v) is 14.6. The van der Waals surface area contributed by atoms with Crippen molar-refractivity contribution in [2.45, 2.75) is 26.1 Å². The van der Waals surface area contributed by atoms with E-state index < -0.39 is 0 Å². The molecular weight excluding hydrogens is 536 g/mol. The quantitative estimate of drug-likeness (QED) is 0.202. The van der Waals surface area contributed by atoms with Crippen LogP contribution in [0.1, 0.15) is 33.4 Å². The maximum atomic E-state index is 6.11. The van der Waals surface area contributed by atoms with Gasteiger partial charge in [0.05, 0.1) is 41.7 Å². The third kappa shape index (κ3) is 3.88. The average Bonchev–Trinajstić information content (AvgIpc) is 3.78. The highest BCUT2D eigenvalue weighted by molar-refractivity contribution is 5.99. The Morgan fingerprint density at radius 3 is 1.26 bits per heavy atom. The first-order valence-electron chi connectivity index (χ1n) is 14.6. The fourth-order valence-corrected chi connectivity index (χ4v) is 7.27. The van der Waals surface area contributed by atoms with Crippen LogP contribution in [0.15, 0.2) is 72.8 Å². The molecule has 5 nitrogen and oxygen atoms in total. The highest BCUT2D eigenvalue weighted by Crippen LogP contribution is 2.56. The average molecular weight is 569 g/mol. The van der Waals surface area contributed by atoms with Crippen LogP contribution in [0.3, 0.4) is 0 Å². The molecule has 0 bridgehead atoms. The second-order valence-electron chi connectivity index (χ2n) is 11.4. The van der Waals surface area contributed by atoms with Crippen molar-refractivity contribution in [3.63, 3.8) is 0 Å². The molecule has 0 amide bonds. The molecule has 214 valence electrons. The van der Waals surface area contributed by atoms with E-state index >= 15 is 0 Å². The first kappa shape index (κ1) is 25.9. The van der Waals surface area contributed by atoms with E-state index in [1.165, 1.54) is 55.6 Å². The molecule has 0 aromatic heterocycles. The number of hydrogen-bond donors (Lipinski definition) is 0. The van der Waals surface area contributed by atoms with Crippen molar-refractivity contribution in [3.8, 4) is 67.5 Å². The second kappa shape index (κ2) is 9.92. The smallest absolute Gasteiger partial charge is 0.127 e. The molecule has 0 radical (unpaired) electrons. The molecule has 0 N–H and O–H groups in total. The van der Waals surface area contributed by atoms with Crippen molar-refractivity contribution in [2.24, 2.45) is 0 Å². The predicted molar refractivity (Wildman–Crippen MR) is 168 cm³/mol. The van der Waals surface area contributed by atoms with Crippen LogP contribution in [0, 0.1) is 0 Å². The summed E-state index contributed by atoms with van der Waals surface area (Å²) >= 11 is 0. The van der Waals surface area contributed by atoms with E-state index in [0.29, 0.717) is 13.2 Å². The summed E-state index contributed by atoms with van der Waals surface area (Å²) in [7, 11) is 6.89. The van der Waals surface area contributed by atoms with Crippen LogP contribution in [0.25, 0.3) is 44.5 Å². The van der Waals surface area contributed by atoms with Crippen LogP contribution in [-0.2, 0) is 30.8 Å². The van der Waals surface area contributed by atoms with Gasteiger partial charge in [-0.1, -0.05) is 24.3 Å². The lowest BCUT2D eigenvalue weighted by Crippen LogP contribution is -1.98. The summed E-state index contributed by atoms with van der Waals surface area (Å²) in [5.41, 5.74) is 17.7. The summed E-state index contributed by atoms with van der Waals surface area (Å²) < 4.78 is 28.9. The van der Waals surface area contributed by atoms with Crippen molar-refractivity contribution < 1.29 is 23.7 Å². The van der Waals surface area contributed by atoms with Crippen LogP contribution >= 0.6 is 0 Å². The van der Waals surface area contributed by atoms with Crippen molar-refractivity contribution in [2.75, 3.05) is 28.4 Å². The summed E-state index contributed by atoms with van der Waals surface area (Å²) in [4.78, 5) is 0. The van der Waals surface area contributed by atoms with Gasteiger partial charge >= 0.3 is 0 Å². The molecule has 1 aliphatic heterocycles. The minimum Gasteiger partial charge on any atom is -0.497 e. The van der Waals surface area contributed by atoms with Gasteiger partial charge in [-0.3, -0.25) is 0 Å². The van der Waals surface area contributed by atoms with E-state index in [-0.39, 0.29) is 0 Å². The highest BCUT2D eigenvalue weighted by Gasteiger charge is 2.37. The van der Waals surface area contributed by atoms with Crippen molar-refractivity contribution in [3.05, 3.63) is 106 Å². The zero-order valence-corrected chi connectivity index (χ0v) is 24.8. The molecule has 0 saturated heterocycles. The Hall–Kier alpha value is -4.74. The van der Waals surface area contributed by atoms with E-state index in [9.17, 15) is 0 Å². The lowest BCUT2D eigenvalue weighted by atomic mass is 9.87. The van der Waals surface area contributed by atoms with Crippen LogP contribution in [0.5, 0.6) is 23.0 Å². The van der Waals surface area contributed by atoms with Crippen LogP contribution < -0.4 is 18.9 Å². The standard InChI is InChI=1S/C38H32O5/c1-39-25-9-5-21(6-10-25)27-13-23-15-31-33-19-43-20-34(33)32-16-24-14-28(22-7-11-26(40-2)12-8-22)36(42-4)18-30(24)38(32)37(31)29(23)17-35(27)41-3/h5-14,17-18H,15-16,19-20H2,1-4H3. The molecule has 3 aliphatic rings. The van der Waals surface area contributed by atoms with Gasteiger partial charge in [0.1, 0.15) is 23.0 Å². The largest absolute Gasteiger partial charge is 0.497 e. The van der Waals surface area contributed by atoms with Gasteiger partial charge in [0.15, 0.2) is 0 Å². The molecule has 5 aromatic rings. The van der Waals surface area contributed by atoms with Gasteiger partial charge in [-0.15, -0.1) is 0 Å². The normalized spacial score (nSPS) is 13.6. The number of fused-ring (bicyclic) bond motifs is 10. The SMILES string of the molecule is COc1ccc(-c2cc3c(cc2OC)-c2c(c4c(c5c2-c2cc(OC)c(-c6ccc(OC)cc6)cc2C5)COC4)C3)cc1. The van der Waals surface area contributed by atoms with Crippen LogP contribution in [0.2, 0.25) is 0 Å². The van der Waals surface area contributed by atoms with Crippen molar-refractivity contribution in [1.29, 1.82) is 0 Å². The monoisotopic (exact) mass is 568 g/mol. The third-order valence-corrected chi connectivity index (χ3v) is 9.37. The molecule has 0 atom stereocenters. The molecule has 5 aromatic carbocycles. The van der Waals surface area contributed by atoms with Crippen LogP contribution in [0.4, 0.5) is 0 Å². The minimum absolute atomic E-state index is 0.665. The van der Waals surface area contributed by atoms with Gasteiger partial charge in [0, 0.05) is 11.1 Å². The van der Waals surface area contributed by atoms with Gasteiger partial charge in [0.25, 0.3) is 0 Å². The first-order chi connectivity index (χ1) is 21.1. The van der Waals surface area contributed by atoms with Gasteiger partial charge in [-0.25, -0.2) is 0 Å². The predicted octanol–water partition coefficient (Wildman–Crippen LogP) is 8.23. The topological polar surface area (TPSA) is 46.2 Å². The Kier molecular flexibility index (Phi) is 5.98. The van der Waals surface area contributed by atoms with Gasteiger partial charge in [-0.2, -0.15) is 0 Å². The van der Waals surface area contributed by atoms with Crippen LogP contribution in [-0.4, -0.2) is 28.4 Å². The molecule has 8 rings (SSSR count). The van der Waals surface area contributed by atoms with Crippen molar-refractivity contribution in [1.82, 2.24) is 0 Å². The molecular formula is C38H32O5. The Morgan fingerprint density at radius 1 is 0.465 bits per heavy atom. The number of methoxy groups -OCH3 is 4. The number of hydrogen-bond acceptors (Lipinski definition) is 5. The molecule has 0 unspecified atom stereocenters. The van der Waals surface area contributed by atoms with Gasteiger partial charge < -0.3 is 23.7 Å². The Morgan fingerprint density at radius 2 is 0.884 bits per heavy atom. The van der Waals surface area contributed by atoms with E-state index in [1.54, 1.807) is 28.4 Å². The number of benzene rings is 5. The fourth-order valence-electron chi connectivity index (χ4n) is 7.27. The Balaban J connectivity index is 1.31. The zero-order valence-electron chi connectivity index (χ0n) is 24.8. The maximum Gasteiger partial charge on any atom is 0.127 e. The summed E-state index contributed by atoms with van der Waals surface area (Å²) in [6.07, 6.45) is 1.76. The molecule has 0 spiro atoms. The molecule has 0 saturated carbocycles. The third-order valence-electron chi connectivity index (χ3n) is 9.37. The molecule has 5 heteroatoms. The van der Waals surface area contributed by atoms with E-state index in [4.69, 9.17) is 23.7 Å². The molecule has 2 aliphatic carbocycles. The van der Waals surface area contributed by atoms with E-state index in [2.05, 4.69) is 48.5 Å². The lowest BCUT2D eigenvalue weighted by Gasteiger charge is -2.17. The van der Waals surface area contributed by atoms with Crippen molar-refractivity contribution >= 4 is 0 Å². The molecule has 1 heterocycles. The Bertz CT molecular complexity index is 1780.